The molecule has 20 heavy (non-hydrogen) atoms. The third kappa shape index (κ3) is 2.82. The first kappa shape index (κ1) is 13.1. The zero-order chi connectivity index (χ0) is 13.9. The van der Waals surface area contributed by atoms with Gasteiger partial charge in [0.25, 0.3) is 0 Å². The highest BCUT2D eigenvalue weighted by atomic mass is 16.5. The van der Waals surface area contributed by atoms with Gasteiger partial charge in [-0.15, -0.1) is 0 Å². The highest BCUT2D eigenvalue weighted by molar-refractivity contribution is 5.40. The fourth-order valence-corrected chi connectivity index (χ4v) is 2.44. The molecule has 0 aliphatic carbocycles. The van der Waals surface area contributed by atoms with Crippen LogP contribution in [0.5, 0.6) is 5.75 Å². The van der Waals surface area contributed by atoms with Crippen LogP contribution in [-0.4, -0.2) is 23.3 Å². The summed E-state index contributed by atoms with van der Waals surface area (Å²) in [5.41, 5.74) is 2.60. The van der Waals surface area contributed by atoms with Gasteiger partial charge < -0.3 is 14.6 Å². The van der Waals surface area contributed by atoms with Crippen LogP contribution >= 0.6 is 0 Å². The quantitative estimate of drug-likeness (QED) is 0.905. The number of hydrogen-bond donors (Lipinski definition) is 1. The summed E-state index contributed by atoms with van der Waals surface area (Å²) in [5.74, 6) is 2.40. The average Bonchev–Trinajstić information content (AvgIpc) is 3.06. The second kappa shape index (κ2) is 5.63. The molecular weight excluding hydrogens is 254 g/mol. The smallest absolute Gasteiger partial charge is 0.223 e. The van der Waals surface area contributed by atoms with E-state index < -0.39 is 0 Å². The Labute approximate surface area is 118 Å². The van der Waals surface area contributed by atoms with Crippen LogP contribution in [0.1, 0.15) is 35.8 Å². The molecule has 1 aliphatic heterocycles. The minimum atomic E-state index is 0.300. The summed E-state index contributed by atoms with van der Waals surface area (Å²) in [5, 5.41) is 7.38. The number of rotatable bonds is 5. The third-order valence-corrected chi connectivity index (χ3v) is 3.58. The van der Waals surface area contributed by atoms with Crippen molar-refractivity contribution in [3.8, 4) is 5.75 Å². The first-order valence-corrected chi connectivity index (χ1v) is 7.00. The maximum absolute atomic E-state index is 5.53. The summed E-state index contributed by atoms with van der Waals surface area (Å²) >= 11 is 0. The van der Waals surface area contributed by atoms with Crippen molar-refractivity contribution in [2.75, 3.05) is 13.2 Å². The number of benzene rings is 1. The van der Waals surface area contributed by atoms with Gasteiger partial charge in [0.1, 0.15) is 5.75 Å². The zero-order valence-corrected chi connectivity index (χ0v) is 11.8. The summed E-state index contributed by atoms with van der Waals surface area (Å²) in [4.78, 5) is 4.19. The number of fused-ring (bicyclic) bond motifs is 1. The van der Waals surface area contributed by atoms with Gasteiger partial charge in [0, 0.05) is 32.4 Å². The molecule has 5 nitrogen and oxygen atoms in total. The van der Waals surface area contributed by atoms with Crippen molar-refractivity contribution in [3.05, 3.63) is 41.0 Å². The Kier molecular flexibility index (Phi) is 3.69. The minimum Gasteiger partial charge on any atom is -0.493 e. The lowest BCUT2D eigenvalue weighted by Gasteiger charge is -2.14. The van der Waals surface area contributed by atoms with Crippen molar-refractivity contribution in [3.63, 3.8) is 0 Å². The summed E-state index contributed by atoms with van der Waals surface area (Å²) in [6.07, 6.45) is 1.79. The van der Waals surface area contributed by atoms with E-state index in [-0.39, 0.29) is 0 Å². The standard InChI is InChI=1S/C15H19N3O2/c1-10(16-7-5-15-17-11(2)20-18-15)12-3-4-14-13(9-12)6-8-19-14/h3-4,9-10,16H,5-8H2,1-2H3. The monoisotopic (exact) mass is 273 g/mol. The Bertz CT molecular complexity index is 595. The number of nitrogens with one attached hydrogen (secondary N) is 1. The van der Waals surface area contributed by atoms with Crippen LogP contribution in [0.4, 0.5) is 0 Å². The lowest BCUT2D eigenvalue weighted by Crippen LogP contribution is -2.21. The molecule has 1 unspecified atom stereocenters. The normalized spacial score (nSPS) is 14.9. The van der Waals surface area contributed by atoms with Crippen LogP contribution in [0.3, 0.4) is 0 Å². The Hall–Kier alpha value is -1.88. The molecule has 0 amide bonds. The number of aromatic nitrogens is 2. The van der Waals surface area contributed by atoms with E-state index in [1.165, 1.54) is 11.1 Å². The lowest BCUT2D eigenvalue weighted by atomic mass is 10.0. The first-order chi connectivity index (χ1) is 9.72. The van der Waals surface area contributed by atoms with Crippen LogP contribution in [0.2, 0.25) is 0 Å². The summed E-state index contributed by atoms with van der Waals surface area (Å²) in [6.45, 7) is 5.60. The van der Waals surface area contributed by atoms with Crippen molar-refractivity contribution in [1.29, 1.82) is 0 Å². The highest BCUT2D eigenvalue weighted by Gasteiger charge is 2.14. The van der Waals surface area contributed by atoms with Crippen molar-refractivity contribution < 1.29 is 9.26 Å². The maximum atomic E-state index is 5.53. The van der Waals surface area contributed by atoms with E-state index in [2.05, 4.69) is 40.6 Å². The Morgan fingerprint density at radius 2 is 2.30 bits per heavy atom. The molecular formula is C15H19N3O2. The molecule has 2 heterocycles. The molecule has 1 aliphatic rings. The van der Waals surface area contributed by atoms with Gasteiger partial charge in [-0.2, -0.15) is 4.98 Å². The van der Waals surface area contributed by atoms with Gasteiger partial charge in [-0.1, -0.05) is 17.3 Å². The molecule has 1 aromatic carbocycles. The molecule has 5 heteroatoms. The van der Waals surface area contributed by atoms with E-state index in [0.29, 0.717) is 11.9 Å². The second-order valence-corrected chi connectivity index (χ2v) is 5.12. The van der Waals surface area contributed by atoms with Gasteiger partial charge in [-0.3, -0.25) is 0 Å². The molecule has 0 bridgehead atoms. The van der Waals surface area contributed by atoms with Gasteiger partial charge in [0.15, 0.2) is 5.82 Å². The number of nitrogens with zero attached hydrogens (tertiary/aromatic N) is 2. The van der Waals surface area contributed by atoms with E-state index in [0.717, 1.165) is 37.6 Å². The highest BCUT2D eigenvalue weighted by Crippen LogP contribution is 2.27. The fourth-order valence-electron chi connectivity index (χ4n) is 2.44. The molecule has 1 atom stereocenters. The van der Waals surface area contributed by atoms with E-state index in [1.54, 1.807) is 6.92 Å². The van der Waals surface area contributed by atoms with E-state index >= 15 is 0 Å². The fraction of sp³-hybridized carbons (Fsp3) is 0.467. The van der Waals surface area contributed by atoms with Gasteiger partial charge in [0.05, 0.1) is 6.61 Å². The van der Waals surface area contributed by atoms with Crippen LogP contribution in [0, 0.1) is 6.92 Å². The summed E-state index contributed by atoms with van der Waals surface area (Å²) < 4.78 is 10.5. The second-order valence-electron chi connectivity index (χ2n) is 5.12. The SMILES string of the molecule is Cc1nc(CCNC(C)c2ccc3c(c2)CCO3)no1. The molecule has 0 spiro atoms. The number of ether oxygens (including phenoxy) is 1. The Morgan fingerprint density at radius 3 is 3.10 bits per heavy atom. The van der Waals surface area contributed by atoms with Gasteiger partial charge >= 0.3 is 0 Å². The average molecular weight is 273 g/mol. The molecule has 0 saturated heterocycles. The van der Waals surface area contributed by atoms with Gasteiger partial charge in [-0.05, 0) is 24.1 Å². The molecule has 1 N–H and O–H groups in total. The maximum Gasteiger partial charge on any atom is 0.223 e. The Morgan fingerprint density at radius 1 is 1.40 bits per heavy atom. The molecule has 2 aromatic rings. The van der Waals surface area contributed by atoms with Crippen molar-refractivity contribution in [1.82, 2.24) is 15.5 Å². The van der Waals surface area contributed by atoms with E-state index in [1.807, 2.05) is 0 Å². The van der Waals surface area contributed by atoms with Crippen LogP contribution in [0.15, 0.2) is 22.7 Å². The minimum absolute atomic E-state index is 0.300. The predicted octanol–water partition coefficient (Wildman–Crippen LogP) is 2.21. The van der Waals surface area contributed by atoms with E-state index in [9.17, 15) is 0 Å². The predicted molar refractivity (Wildman–Crippen MR) is 74.8 cm³/mol. The summed E-state index contributed by atoms with van der Waals surface area (Å²) in [7, 11) is 0. The summed E-state index contributed by atoms with van der Waals surface area (Å²) in [6, 6.07) is 6.73. The molecule has 0 saturated carbocycles. The van der Waals surface area contributed by atoms with Crippen molar-refractivity contribution >= 4 is 0 Å². The van der Waals surface area contributed by atoms with E-state index in [4.69, 9.17) is 9.26 Å². The van der Waals surface area contributed by atoms with Gasteiger partial charge in [-0.25, -0.2) is 0 Å². The third-order valence-electron chi connectivity index (χ3n) is 3.58. The molecule has 3 rings (SSSR count). The number of hydrogen-bond acceptors (Lipinski definition) is 5. The number of aryl methyl sites for hydroxylation is 1. The first-order valence-electron chi connectivity index (χ1n) is 7.00. The lowest BCUT2D eigenvalue weighted by molar-refractivity contribution is 0.356. The van der Waals surface area contributed by atoms with Crippen molar-refractivity contribution in [2.24, 2.45) is 0 Å². The molecule has 0 fully saturated rings. The topological polar surface area (TPSA) is 60.2 Å². The largest absolute Gasteiger partial charge is 0.493 e. The zero-order valence-electron chi connectivity index (χ0n) is 11.8. The van der Waals surface area contributed by atoms with Crippen LogP contribution in [0.25, 0.3) is 0 Å². The molecule has 0 radical (unpaired) electrons. The van der Waals surface area contributed by atoms with Gasteiger partial charge in [0.2, 0.25) is 5.89 Å². The van der Waals surface area contributed by atoms with Crippen LogP contribution in [-0.2, 0) is 12.8 Å². The molecule has 1 aromatic heterocycles. The van der Waals surface area contributed by atoms with Crippen molar-refractivity contribution in [2.45, 2.75) is 32.7 Å². The Balaban J connectivity index is 1.55. The molecule has 106 valence electrons. The van der Waals surface area contributed by atoms with Crippen LogP contribution < -0.4 is 10.1 Å².